The van der Waals surface area contributed by atoms with Crippen LogP contribution in [-0.2, 0) is 0 Å². The smallest absolute Gasteiger partial charge is 0.0583 e. The summed E-state index contributed by atoms with van der Waals surface area (Å²) in [5.41, 5.74) is 4.72. The molecule has 3 aliphatic rings. The Labute approximate surface area is 187 Å². The lowest BCUT2D eigenvalue weighted by atomic mass is 9.60. The molecule has 0 saturated heterocycles. The molecule has 0 aromatic heterocycles. The molecule has 1 nitrogen and oxygen atoms in total. The van der Waals surface area contributed by atoms with Gasteiger partial charge in [0.15, 0.2) is 0 Å². The van der Waals surface area contributed by atoms with Gasteiger partial charge in [0.25, 0.3) is 0 Å². The Morgan fingerprint density at radius 1 is 1.10 bits per heavy atom. The van der Waals surface area contributed by atoms with Crippen molar-refractivity contribution in [3.05, 3.63) is 35.5 Å². The molecule has 0 spiro atoms. The van der Waals surface area contributed by atoms with Crippen LogP contribution in [0.1, 0.15) is 111 Å². The van der Waals surface area contributed by atoms with Crippen LogP contribution in [-0.4, -0.2) is 11.2 Å². The summed E-state index contributed by atoms with van der Waals surface area (Å²) in [5, 5.41) is 10.1. The molecule has 0 aromatic carbocycles. The van der Waals surface area contributed by atoms with Gasteiger partial charge in [0, 0.05) is 0 Å². The van der Waals surface area contributed by atoms with Crippen LogP contribution < -0.4 is 0 Å². The number of aliphatic hydroxyl groups is 1. The average molecular weight is 413 g/mol. The SMILES string of the molecule is C=C1CC[C@H](O)C/C1=C/C=C1\CCC[C@@]2(C)C1CC[C@@H]2[C@H](C)CCCC(CC)CC. The Bertz CT molecular complexity index is 637. The third-order valence-corrected chi connectivity index (χ3v) is 9.34. The van der Waals surface area contributed by atoms with E-state index >= 15 is 0 Å². The van der Waals surface area contributed by atoms with Crippen LogP contribution in [0.15, 0.2) is 35.5 Å². The standard InChI is InChI=1S/C29H48O/c1-6-23(7-2)11-8-10-22(4)27-17-18-28-24(12-9-19-29(27,28)5)14-15-25-20-26(30)16-13-21(25)3/h14-15,22-23,26-28,30H,3,6-13,16-20H2,1-2,4-5H3/b24-14+,25-15-/t22-,26+,27-,28?,29-/m1/s1. The lowest BCUT2D eigenvalue weighted by Crippen LogP contribution is -2.36. The lowest BCUT2D eigenvalue weighted by molar-refractivity contribution is 0.0926. The molecule has 170 valence electrons. The molecule has 30 heavy (non-hydrogen) atoms. The van der Waals surface area contributed by atoms with Crippen molar-refractivity contribution >= 4 is 0 Å². The molecule has 0 aromatic rings. The van der Waals surface area contributed by atoms with Gasteiger partial charge >= 0.3 is 0 Å². The fourth-order valence-corrected chi connectivity index (χ4v) is 7.24. The molecule has 0 bridgehead atoms. The molecule has 0 aliphatic heterocycles. The van der Waals surface area contributed by atoms with E-state index in [0.29, 0.717) is 5.41 Å². The zero-order chi connectivity index (χ0) is 21.7. The molecule has 1 N–H and O–H groups in total. The first-order valence-corrected chi connectivity index (χ1v) is 13.1. The van der Waals surface area contributed by atoms with Gasteiger partial charge in [-0.15, -0.1) is 0 Å². The van der Waals surface area contributed by atoms with Crippen LogP contribution in [0.3, 0.4) is 0 Å². The minimum absolute atomic E-state index is 0.173. The topological polar surface area (TPSA) is 20.2 Å². The molecular weight excluding hydrogens is 364 g/mol. The van der Waals surface area contributed by atoms with Crippen molar-refractivity contribution in [1.29, 1.82) is 0 Å². The number of fused-ring (bicyclic) bond motifs is 1. The molecule has 3 saturated carbocycles. The second-order valence-electron chi connectivity index (χ2n) is 11.1. The van der Waals surface area contributed by atoms with Crippen molar-refractivity contribution < 1.29 is 5.11 Å². The first-order chi connectivity index (χ1) is 14.4. The van der Waals surface area contributed by atoms with Crippen LogP contribution in [0.2, 0.25) is 0 Å². The van der Waals surface area contributed by atoms with E-state index in [1.54, 1.807) is 5.57 Å². The summed E-state index contributed by atoms with van der Waals surface area (Å²) in [5.74, 6) is 3.47. The first kappa shape index (κ1) is 23.8. The van der Waals surface area contributed by atoms with Gasteiger partial charge < -0.3 is 5.11 Å². The van der Waals surface area contributed by atoms with Gasteiger partial charge in [0.05, 0.1) is 6.10 Å². The Morgan fingerprint density at radius 3 is 2.60 bits per heavy atom. The van der Waals surface area contributed by atoms with Gasteiger partial charge in [-0.25, -0.2) is 0 Å². The Balaban J connectivity index is 1.65. The largest absolute Gasteiger partial charge is 0.393 e. The average Bonchev–Trinajstić information content (AvgIpc) is 3.09. The van der Waals surface area contributed by atoms with Gasteiger partial charge in [-0.1, -0.05) is 89.7 Å². The second kappa shape index (κ2) is 10.7. The van der Waals surface area contributed by atoms with E-state index < -0.39 is 0 Å². The zero-order valence-electron chi connectivity index (χ0n) is 20.4. The van der Waals surface area contributed by atoms with Crippen molar-refractivity contribution in [2.75, 3.05) is 0 Å². The molecular formula is C29H48O. The monoisotopic (exact) mass is 412 g/mol. The first-order valence-electron chi connectivity index (χ1n) is 13.1. The van der Waals surface area contributed by atoms with Gasteiger partial charge in [0.1, 0.15) is 0 Å². The van der Waals surface area contributed by atoms with E-state index in [4.69, 9.17) is 0 Å². The number of hydrogen-bond donors (Lipinski definition) is 1. The third kappa shape index (κ3) is 5.32. The maximum Gasteiger partial charge on any atom is 0.0583 e. The summed E-state index contributed by atoms with van der Waals surface area (Å²) in [4.78, 5) is 0. The summed E-state index contributed by atoms with van der Waals surface area (Å²) in [6.45, 7) is 14.1. The van der Waals surface area contributed by atoms with Crippen molar-refractivity contribution in [3.8, 4) is 0 Å². The van der Waals surface area contributed by atoms with E-state index in [1.165, 1.54) is 75.4 Å². The molecule has 3 aliphatic carbocycles. The highest BCUT2D eigenvalue weighted by molar-refractivity contribution is 5.36. The van der Waals surface area contributed by atoms with Crippen LogP contribution in [0.5, 0.6) is 0 Å². The molecule has 1 unspecified atom stereocenters. The van der Waals surface area contributed by atoms with Crippen molar-refractivity contribution in [2.45, 2.75) is 117 Å². The predicted octanol–water partition coefficient (Wildman–Crippen LogP) is 8.40. The fraction of sp³-hybridized carbons (Fsp3) is 0.793. The molecule has 0 radical (unpaired) electrons. The molecule has 3 rings (SSSR count). The summed E-state index contributed by atoms with van der Waals surface area (Å²) in [7, 11) is 0. The van der Waals surface area contributed by atoms with E-state index in [9.17, 15) is 5.11 Å². The second-order valence-corrected chi connectivity index (χ2v) is 11.1. The summed E-state index contributed by atoms with van der Waals surface area (Å²) < 4.78 is 0. The molecule has 5 atom stereocenters. The Hall–Kier alpha value is -0.820. The normalized spacial score (nSPS) is 35.9. The lowest BCUT2D eigenvalue weighted by Gasteiger charge is -2.44. The summed E-state index contributed by atoms with van der Waals surface area (Å²) >= 11 is 0. The number of hydrogen-bond acceptors (Lipinski definition) is 1. The third-order valence-electron chi connectivity index (χ3n) is 9.34. The number of allylic oxidation sites excluding steroid dienone is 4. The van der Waals surface area contributed by atoms with Crippen molar-refractivity contribution in [3.63, 3.8) is 0 Å². The Kier molecular flexibility index (Phi) is 8.47. The predicted molar refractivity (Wildman–Crippen MR) is 130 cm³/mol. The van der Waals surface area contributed by atoms with E-state index in [1.807, 2.05) is 0 Å². The van der Waals surface area contributed by atoms with Crippen LogP contribution in [0, 0.1) is 29.1 Å². The maximum absolute atomic E-state index is 10.1. The minimum Gasteiger partial charge on any atom is -0.393 e. The number of aliphatic hydroxyl groups excluding tert-OH is 1. The Morgan fingerprint density at radius 2 is 1.87 bits per heavy atom. The fourth-order valence-electron chi connectivity index (χ4n) is 7.24. The van der Waals surface area contributed by atoms with Crippen LogP contribution >= 0.6 is 0 Å². The van der Waals surface area contributed by atoms with Crippen molar-refractivity contribution in [1.82, 2.24) is 0 Å². The summed E-state index contributed by atoms with van der Waals surface area (Å²) in [6.07, 6.45) is 21.0. The van der Waals surface area contributed by atoms with Crippen LogP contribution in [0.25, 0.3) is 0 Å². The van der Waals surface area contributed by atoms with E-state index in [0.717, 1.165) is 42.9 Å². The van der Waals surface area contributed by atoms with Crippen LogP contribution in [0.4, 0.5) is 0 Å². The molecule has 1 heteroatoms. The van der Waals surface area contributed by atoms with E-state index in [2.05, 4.69) is 46.4 Å². The quantitative estimate of drug-likeness (QED) is 0.424. The summed E-state index contributed by atoms with van der Waals surface area (Å²) in [6, 6.07) is 0. The van der Waals surface area contributed by atoms with Gasteiger partial charge in [-0.05, 0) is 86.0 Å². The highest BCUT2D eigenvalue weighted by Gasteiger charge is 2.50. The molecule has 0 heterocycles. The maximum atomic E-state index is 10.1. The van der Waals surface area contributed by atoms with E-state index in [-0.39, 0.29) is 6.10 Å². The highest BCUT2D eigenvalue weighted by atomic mass is 16.3. The highest BCUT2D eigenvalue weighted by Crippen LogP contribution is 2.60. The van der Waals surface area contributed by atoms with Crippen molar-refractivity contribution in [2.24, 2.45) is 29.1 Å². The molecule has 3 fully saturated rings. The zero-order valence-corrected chi connectivity index (χ0v) is 20.4. The minimum atomic E-state index is -0.173. The van der Waals surface area contributed by atoms with Gasteiger partial charge in [0.2, 0.25) is 0 Å². The van der Waals surface area contributed by atoms with Gasteiger partial charge in [-0.2, -0.15) is 0 Å². The number of rotatable bonds is 8. The van der Waals surface area contributed by atoms with Gasteiger partial charge in [-0.3, -0.25) is 0 Å². The molecule has 0 amide bonds.